The van der Waals surface area contributed by atoms with E-state index in [4.69, 9.17) is 0 Å². The molecule has 31 heavy (non-hydrogen) atoms. The van der Waals surface area contributed by atoms with E-state index in [1.54, 1.807) is 49.8 Å². The Hall–Kier alpha value is -3.65. The zero-order chi connectivity index (χ0) is 22.3. The zero-order valence-electron chi connectivity index (χ0n) is 17.2. The molecule has 4 aromatic rings. The van der Waals surface area contributed by atoms with Crippen molar-refractivity contribution in [2.45, 2.75) is 18.7 Å². The molecule has 0 fully saturated rings. The van der Waals surface area contributed by atoms with Crippen LogP contribution in [0, 0.1) is 13.8 Å². The Labute approximate surface area is 180 Å². The first-order valence-electron chi connectivity index (χ1n) is 9.57. The van der Waals surface area contributed by atoms with E-state index in [1.807, 2.05) is 30.3 Å². The largest absolute Gasteiger partial charge is 0.478 e. The van der Waals surface area contributed by atoms with Crippen molar-refractivity contribution in [3.8, 4) is 11.1 Å². The van der Waals surface area contributed by atoms with E-state index in [1.165, 1.54) is 6.07 Å². The summed E-state index contributed by atoms with van der Waals surface area (Å²) in [4.78, 5) is 11.5. The summed E-state index contributed by atoms with van der Waals surface area (Å²) in [6.07, 6.45) is 0. The van der Waals surface area contributed by atoms with Gasteiger partial charge >= 0.3 is 5.97 Å². The lowest BCUT2D eigenvalue weighted by Gasteiger charge is -2.14. The van der Waals surface area contributed by atoms with Crippen molar-refractivity contribution >= 4 is 32.5 Å². The number of carboxylic acids is 1. The van der Waals surface area contributed by atoms with Gasteiger partial charge in [0.1, 0.15) is 4.90 Å². The standard InChI is InChI=1S/C23H21N3O4S/c1-14-22(15(2)26(3)24-14)31(29,30)25-21-12-11-18(19-9-4-5-10-20(19)21)16-7-6-8-17(13-16)23(27)28/h4-13,25H,1-3H3,(H,27,28). The Kier molecular flexibility index (Phi) is 5.02. The molecule has 2 N–H and O–H groups in total. The van der Waals surface area contributed by atoms with Crippen LogP contribution in [0.5, 0.6) is 0 Å². The van der Waals surface area contributed by atoms with E-state index in [-0.39, 0.29) is 10.5 Å². The molecule has 7 nitrogen and oxygen atoms in total. The van der Waals surface area contributed by atoms with Crippen LogP contribution in [0.4, 0.5) is 5.69 Å². The summed E-state index contributed by atoms with van der Waals surface area (Å²) in [7, 11) is -2.15. The summed E-state index contributed by atoms with van der Waals surface area (Å²) in [5, 5.41) is 15.0. The molecular formula is C23H21N3O4S. The maximum absolute atomic E-state index is 13.1. The topological polar surface area (TPSA) is 101 Å². The van der Waals surface area contributed by atoms with Gasteiger partial charge in [-0.3, -0.25) is 9.40 Å². The highest BCUT2D eigenvalue weighted by Crippen LogP contribution is 2.35. The molecule has 158 valence electrons. The number of benzene rings is 3. The van der Waals surface area contributed by atoms with Gasteiger partial charge in [-0.1, -0.05) is 42.5 Å². The van der Waals surface area contributed by atoms with Gasteiger partial charge in [0.25, 0.3) is 10.0 Å². The van der Waals surface area contributed by atoms with Gasteiger partial charge in [0.15, 0.2) is 0 Å². The smallest absolute Gasteiger partial charge is 0.335 e. The van der Waals surface area contributed by atoms with E-state index >= 15 is 0 Å². The minimum Gasteiger partial charge on any atom is -0.478 e. The highest BCUT2D eigenvalue weighted by molar-refractivity contribution is 7.92. The molecule has 3 aromatic carbocycles. The summed E-state index contributed by atoms with van der Waals surface area (Å²) in [6.45, 7) is 3.38. The molecule has 0 aliphatic carbocycles. The molecular weight excluding hydrogens is 414 g/mol. The molecule has 1 heterocycles. The number of hydrogen-bond acceptors (Lipinski definition) is 4. The van der Waals surface area contributed by atoms with Gasteiger partial charge in [0.05, 0.1) is 22.6 Å². The number of aryl methyl sites for hydroxylation is 2. The number of nitrogens with zero attached hydrogens (tertiary/aromatic N) is 2. The fraction of sp³-hybridized carbons (Fsp3) is 0.130. The average molecular weight is 436 g/mol. The Morgan fingerprint density at radius 3 is 2.35 bits per heavy atom. The molecule has 0 saturated carbocycles. The molecule has 8 heteroatoms. The second-order valence-corrected chi connectivity index (χ2v) is 8.94. The van der Waals surface area contributed by atoms with E-state index < -0.39 is 16.0 Å². The molecule has 0 radical (unpaired) electrons. The van der Waals surface area contributed by atoms with Crippen molar-refractivity contribution in [2.75, 3.05) is 4.72 Å². The lowest BCUT2D eigenvalue weighted by molar-refractivity contribution is 0.0697. The predicted molar refractivity (Wildman–Crippen MR) is 120 cm³/mol. The van der Waals surface area contributed by atoms with Crippen LogP contribution in [0.1, 0.15) is 21.7 Å². The van der Waals surface area contributed by atoms with Crippen molar-refractivity contribution in [3.05, 3.63) is 77.6 Å². The first-order chi connectivity index (χ1) is 14.7. The number of carbonyl (C=O) groups is 1. The van der Waals surface area contributed by atoms with Gasteiger partial charge in [-0.2, -0.15) is 5.10 Å². The Morgan fingerprint density at radius 2 is 1.71 bits per heavy atom. The number of aromatic carboxylic acids is 1. The second kappa shape index (κ2) is 7.55. The minimum absolute atomic E-state index is 0.164. The molecule has 0 amide bonds. The Morgan fingerprint density at radius 1 is 1.00 bits per heavy atom. The van der Waals surface area contributed by atoms with Gasteiger partial charge in [0, 0.05) is 12.4 Å². The number of nitrogens with one attached hydrogen (secondary N) is 1. The van der Waals surface area contributed by atoms with Crippen molar-refractivity contribution in [2.24, 2.45) is 7.05 Å². The molecule has 0 atom stereocenters. The zero-order valence-corrected chi connectivity index (χ0v) is 18.1. The molecule has 0 spiro atoms. The lowest BCUT2D eigenvalue weighted by Crippen LogP contribution is -2.15. The number of anilines is 1. The summed E-state index contributed by atoms with van der Waals surface area (Å²) in [6, 6.07) is 17.6. The summed E-state index contributed by atoms with van der Waals surface area (Å²) < 4.78 is 30.5. The molecule has 0 unspecified atom stereocenters. The van der Waals surface area contributed by atoms with Gasteiger partial charge in [-0.05, 0) is 48.6 Å². The third-order valence-electron chi connectivity index (χ3n) is 5.30. The fourth-order valence-electron chi connectivity index (χ4n) is 3.80. The van der Waals surface area contributed by atoms with Crippen LogP contribution in [0.2, 0.25) is 0 Å². The van der Waals surface area contributed by atoms with Crippen LogP contribution in [0.15, 0.2) is 65.6 Å². The van der Waals surface area contributed by atoms with Crippen molar-refractivity contribution < 1.29 is 18.3 Å². The van der Waals surface area contributed by atoms with Crippen LogP contribution >= 0.6 is 0 Å². The van der Waals surface area contributed by atoms with Crippen LogP contribution in [-0.2, 0) is 17.1 Å². The summed E-state index contributed by atoms with van der Waals surface area (Å²) >= 11 is 0. The maximum Gasteiger partial charge on any atom is 0.335 e. The highest BCUT2D eigenvalue weighted by atomic mass is 32.2. The molecule has 1 aromatic heterocycles. The van der Waals surface area contributed by atoms with Crippen LogP contribution in [0.3, 0.4) is 0 Å². The molecule has 4 rings (SSSR count). The number of sulfonamides is 1. The van der Waals surface area contributed by atoms with E-state index in [0.717, 1.165) is 16.5 Å². The van der Waals surface area contributed by atoms with Crippen molar-refractivity contribution in [3.63, 3.8) is 0 Å². The minimum atomic E-state index is -3.85. The van der Waals surface area contributed by atoms with E-state index in [9.17, 15) is 18.3 Å². The summed E-state index contributed by atoms with van der Waals surface area (Å²) in [5.41, 5.74) is 3.17. The quantitative estimate of drug-likeness (QED) is 0.485. The van der Waals surface area contributed by atoms with Crippen LogP contribution in [0.25, 0.3) is 21.9 Å². The van der Waals surface area contributed by atoms with E-state index in [2.05, 4.69) is 9.82 Å². The monoisotopic (exact) mass is 435 g/mol. The third-order valence-corrected chi connectivity index (χ3v) is 6.92. The second-order valence-electron chi connectivity index (χ2n) is 7.32. The molecule has 0 aliphatic heterocycles. The summed E-state index contributed by atoms with van der Waals surface area (Å²) in [5.74, 6) is -1.00. The first kappa shape index (κ1) is 20.6. The number of fused-ring (bicyclic) bond motifs is 1. The first-order valence-corrected chi connectivity index (χ1v) is 11.1. The fourth-order valence-corrected chi connectivity index (χ4v) is 5.32. The Bertz CT molecular complexity index is 1440. The third kappa shape index (κ3) is 3.66. The van der Waals surface area contributed by atoms with Crippen molar-refractivity contribution in [1.29, 1.82) is 0 Å². The Balaban J connectivity index is 1.84. The molecule has 0 bridgehead atoms. The van der Waals surface area contributed by atoms with Gasteiger partial charge in [-0.25, -0.2) is 13.2 Å². The van der Waals surface area contributed by atoms with Crippen LogP contribution < -0.4 is 4.72 Å². The van der Waals surface area contributed by atoms with Gasteiger partial charge in [0.2, 0.25) is 0 Å². The number of carboxylic acid groups (broad SMARTS) is 1. The van der Waals surface area contributed by atoms with Crippen molar-refractivity contribution in [1.82, 2.24) is 9.78 Å². The number of rotatable bonds is 5. The highest BCUT2D eigenvalue weighted by Gasteiger charge is 2.24. The van der Waals surface area contributed by atoms with Gasteiger partial charge < -0.3 is 5.11 Å². The SMILES string of the molecule is Cc1nn(C)c(C)c1S(=O)(=O)Nc1ccc(-c2cccc(C(=O)O)c2)c2ccccc12. The lowest BCUT2D eigenvalue weighted by atomic mass is 9.96. The maximum atomic E-state index is 13.1. The molecule has 0 saturated heterocycles. The average Bonchev–Trinajstić information content (AvgIpc) is 3.00. The number of aromatic nitrogens is 2. The predicted octanol–water partition coefficient (Wildman–Crippen LogP) is 4.36. The van der Waals surface area contributed by atoms with E-state index in [0.29, 0.717) is 22.5 Å². The van der Waals surface area contributed by atoms with Crippen LogP contribution in [-0.4, -0.2) is 29.3 Å². The molecule has 0 aliphatic rings. The number of hydrogen-bond donors (Lipinski definition) is 2. The van der Waals surface area contributed by atoms with Gasteiger partial charge in [-0.15, -0.1) is 0 Å². The normalized spacial score (nSPS) is 11.6.